The molecule has 1 atom stereocenters. The van der Waals surface area contributed by atoms with E-state index >= 15 is 0 Å². The molecule has 0 radical (unpaired) electrons. The number of hydrogen-bond acceptors (Lipinski definition) is 6. The summed E-state index contributed by atoms with van der Waals surface area (Å²) in [5, 5.41) is 15.7. The molecule has 1 N–H and O–H groups in total. The van der Waals surface area contributed by atoms with Gasteiger partial charge in [-0.05, 0) is 65.4 Å². The highest BCUT2D eigenvalue weighted by atomic mass is 32.1. The minimum absolute atomic E-state index is 0.434. The largest absolute Gasteiger partial charge is 0.456 e. The van der Waals surface area contributed by atoms with Crippen LogP contribution in [0.25, 0.3) is 101 Å². The number of nitrogens with zero attached hydrogens (tertiary/aromatic N) is 3. The lowest BCUT2D eigenvalue weighted by Gasteiger charge is -2.25. The van der Waals surface area contributed by atoms with Crippen molar-refractivity contribution in [3.63, 3.8) is 0 Å². The van der Waals surface area contributed by atoms with Crippen molar-refractivity contribution in [2.45, 2.75) is 6.17 Å². The molecular formula is C55H32N4OS2. The Morgan fingerprint density at radius 3 is 1.94 bits per heavy atom. The van der Waals surface area contributed by atoms with Crippen LogP contribution < -0.4 is 5.32 Å². The molecule has 0 saturated heterocycles. The van der Waals surface area contributed by atoms with Gasteiger partial charge in [-0.2, -0.15) is 0 Å². The molecule has 0 spiro atoms. The maximum atomic E-state index is 6.81. The summed E-state index contributed by atoms with van der Waals surface area (Å²) < 4.78 is 14.2. The summed E-state index contributed by atoms with van der Waals surface area (Å²) in [6.45, 7) is 0. The van der Waals surface area contributed by atoms with E-state index in [0.29, 0.717) is 5.84 Å². The Morgan fingerprint density at radius 1 is 0.468 bits per heavy atom. The summed E-state index contributed by atoms with van der Waals surface area (Å²) in [5.41, 5.74) is 7.98. The number of thiophene rings is 2. The molecule has 13 aromatic rings. The van der Waals surface area contributed by atoms with Crippen LogP contribution in [0.4, 0.5) is 0 Å². The van der Waals surface area contributed by atoms with Crippen molar-refractivity contribution in [3.8, 4) is 5.69 Å². The molecule has 4 aromatic heterocycles. The molecule has 5 nitrogen and oxygen atoms in total. The summed E-state index contributed by atoms with van der Waals surface area (Å²) >= 11 is 3.64. The van der Waals surface area contributed by atoms with Gasteiger partial charge in [-0.1, -0.05) is 121 Å². The van der Waals surface area contributed by atoms with Gasteiger partial charge in [-0.3, -0.25) is 0 Å². The Kier molecular flexibility index (Phi) is 7.14. The van der Waals surface area contributed by atoms with Gasteiger partial charge in [0.2, 0.25) is 0 Å². The topological polar surface area (TPSA) is 54.8 Å². The molecule has 62 heavy (non-hydrogen) atoms. The Balaban J connectivity index is 1.07. The SMILES string of the molecule is c1ccc2cc3c(cc2c1)c1ccccc1n3-c1cc(C2=NC(c3cccc4sc5ccccc5c34)=NC(c3cccc4sc5ccccc5c34)N2)c2c(c1)oc1ccccc12. The molecule has 1 aliphatic rings. The van der Waals surface area contributed by atoms with E-state index in [1.165, 1.54) is 61.9 Å². The first kappa shape index (κ1) is 34.2. The second-order valence-corrected chi connectivity index (χ2v) is 18.3. The zero-order valence-electron chi connectivity index (χ0n) is 33.0. The van der Waals surface area contributed by atoms with Crippen molar-refractivity contribution in [3.05, 3.63) is 199 Å². The van der Waals surface area contributed by atoms with Gasteiger partial charge in [0.15, 0.2) is 5.84 Å². The van der Waals surface area contributed by atoms with Crippen LogP contribution in [0.5, 0.6) is 0 Å². The first-order valence-corrected chi connectivity index (χ1v) is 22.5. The van der Waals surface area contributed by atoms with Gasteiger partial charge in [0, 0.05) is 84.6 Å². The lowest BCUT2D eigenvalue weighted by molar-refractivity contribution is 0.668. The number of benzene rings is 9. The van der Waals surface area contributed by atoms with E-state index in [4.69, 9.17) is 14.4 Å². The molecule has 9 aromatic carbocycles. The van der Waals surface area contributed by atoms with Crippen LogP contribution in [0.3, 0.4) is 0 Å². The third kappa shape index (κ3) is 4.94. The number of furan rings is 1. The number of amidine groups is 2. The maximum Gasteiger partial charge on any atom is 0.160 e. The van der Waals surface area contributed by atoms with Gasteiger partial charge in [0.1, 0.15) is 23.2 Å². The average molecular weight is 829 g/mol. The van der Waals surface area contributed by atoms with E-state index in [2.05, 4.69) is 186 Å². The number of fused-ring (bicyclic) bond motifs is 13. The second-order valence-electron chi connectivity index (χ2n) is 16.1. The summed E-state index contributed by atoms with van der Waals surface area (Å²) in [5.74, 6) is 1.45. The van der Waals surface area contributed by atoms with Crippen LogP contribution in [-0.2, 0) is 0 Å². The monoisotopic (exact) mass is 828 g/mol. The lowest BCUT2D eigenvalue weighted by atomic mass is 10.00. The Labute approximate surface area is 362 Å². The van der Waals surface area contributed by atoms with Crippen molar-refractivity contribution in [2.24, 2.45) is 9.98 Å². The third-order valence-electron chi connectivity index (χ3n) is 12.6. The second kappa shape index (κ2) is 13.0. The normalized spacial score (nSPS) is 14.6. The third-order valence-corrected chi connectivity index (χ3v) is 14.9. The van der Waals surface area contributed by atoms with Gasteiger partial charge in [-0.25, -0.2) is 9.98 Å². The standard InChI is InChI=1S/C55H32N4OS2/c1-2-14-32-28-43-40(27-31(32)13-1)34-15-3-7-21-42(34)59(43)33-29-41(50-35-16-4-8-22-44(35)60-45(50)30-33)55-57-53(38-19-11-25-48-51(38)36-17-5-9-23-46(36)61-48)56-54(58-55)39-20-12-26-49-52(39)37-18-6-10-24-47(37)62-49/h1-30,53H,(H,56,57,58). The van der Waals surface area contributed by atoms with Gasteiger partial charge in [0.05, 0.1) is 16.7 Å². The molecule has 1 aliphatic heterocycles. The van der Waals surface area contributed by atoms with Crippen LogP contribution in [0, 0.1) is 0 Å². The number of rotatable bonds is 4. The molecule has 0 amide bonds. The number of hydrogen-bond donors (Lipinski definition) is 1. The Bertz CT molecular complexity index is 4110. The summed E-state index contributed by atoms with van der Waals surface area (Å²) in [4.78, 5) is 11.2. The van der Waals surface area contributed by atoms with Crippen LogP contribution in [0.1, 0.15) is 22.9 Å². The fourth-order valence-corrected chi connectivity index (χ4v) is 12.2. The zero-order chi connectivity index (χ0) is 40.5. The quantitative estimate of drug-likeness (QED) is 0.192. The number of nitrogens with one attached hydrogen (secondary N) is 1. The van der Waals surface area contributed by atoms with Gasteiger partial charge in [0.25, 0.3) is 0 Å². The highest BCUT2D eigenvalue weighted by molar-refractivity contribution is 7.26. The van der Waals surface area contributed by atoms with Crippen LogP contribution >= 0.6 is 22.7 Å². The Hall–Kier alpha value is -7.58. The number of aromatic nitrogens is 1. The fourth-order valence-electron chi connectivity index (χ4n) is 9.95. The van der Waals surface area contributed by atoms with Crippen molar-refractivity contribution < 1.29 is 4.42 Å². The first-order chi connectivity index (χ1) is 30.7. The predicted molar refractivity (Wildman–Crippen MR) is 263 cm³/mol. The van der Waals surface area contributed by atoms with Gasteiger partial charge >= 0.3 is 0 Å². The van der Waals surface area contributed by atoms with Gasteiger partial charge < -0.3 is 14.3 Å². The van der Waals surface area contributed by atoms with E-state index in [-0.39, 0.29) is 0 Å². The van der Waals surface area contributed by atoms with Crippen molar-refractivity contribution in [2.75, 3.05) is 0 Å². The zero-order valence-corrected chi connectivity index (χ0v) is 34.6. The fraction of sp³-hybridized carbons (Fsp3) is 0.0182. The molecule has 5 heterocycles. The predicted octanol–water partition coefficient (Wildman–Crippen LogP) is 15.1. The first-order valence-electron chi connectivity index (χ1n) is 20.8. The maximum absolute atomic E-state index is 6.81. The molecule has 290 valence electrons. The molecule has 0 aliphatic carbocycles. The molecule has 1 unspecified atom stereocenters. The van der Waals surface area contributed by atoms with E-state index < -0.39 is 6.17 Å². The van der Waals surface area contributed by atoms with Crippen LogP contribution in [-0.4, -0.2) is 16.2 Å². The van der Waals surface area contributed by atoms with E-state index in [0.717, 1.165) is 61.2 Å². The summed E-state index contributed by atoms with van der Waals surface area (Å²) in [7, 11) is 0. The molecule has 0 bridgehead atoms. The molecule has 0 fully saturated rings. The Morgan fingerprint density at radius 2 is 1.11 bits per heavy atom. The number of para-hydroxylation sites is 2. The number of aliphatic imine (C=N–C) groups is 2. The summed E-state index contributed by atoms with van der Waals surface area (Å²) in [6, 6.07) is 65.3. The molecule has 14 rings (SSSR count). The highest BCUT2D eigenvalue weighted by Crippen LogP contribution is 2.43. The lowest BCUT2D eigenvalue weighted by Crippen LogP contribution is -2.34. The van der Waals surface area contributed by atoms with E-state index in [1.54, 1.807) is 0 Å². The van der Waals surface area contributed by atoms with Crippen LogP contribution in [0.15, 0.2) is 196 Å². The smallest absolute Gasteiger partial charge is 0.160 e. The molecule has 0 saturated carbocycles. The van der Waals surface area contributed by atoms with Crippen molar-refractivity contribution >= 4 is 129 Å². The van der Waals surface area contributed by atoms with E-state index in [1.807, 2.05) is 28.7 Å². The summed E-state index contributed by atoms with van der Waals surface area (Å²) in [6.07, 6.45) is -0.434. The average Bonchev–Trinajstić information content (AvgIpc) is 4.09. The van der Waals surface area contributed by atoms with E-state index in [9.17, 15) is 0 Å². The van der Waals surface area contributed by atoms with Crippen molar-refractivity contribution in [1.82, 2.24) is 9.88 Å². The van der Waals surface area contributed by atoms with Crippen molar-refractivity contribution in [1.29, 1.82) is 0 Å². The minimum Gasteiger partial charge on any atom is -0.456 e. The molecular weight excluding hydrogens is 797 g/mol. The molecule has 7 heteroatoms. The minimum atomic E-state index is -0.434. The highest BCUT2D eigenvalue weighted by Gasteiger charge is 2.28. The van der Waals surface area contributed by atoms with Crippen LogP contribution in [0.2, 0.25) is 0 Å². The van der Waals surface area contributed by atoms with Gasteiger partial charge in [-0.15, -0.1) is 22.7 Å².